The molecule has 1 aliphatic rings. The summed E-state index contributed by atoms with van der Waals surface area (Å²) in [4.78, 5) is 17.4. The lowest BCUT2D eigenvalue weighted by Gasteiger charge is -2.35. The van der Waals surface area contributed by atoms with Crippen molar-refractivity contribution in [2.24, 2.45) is 0 Å². The largest absolute Gasteiger partial charge is 0.494 e. The summed E-state index contributed by atoms with van der Waals surface area (Å²) < 4.78 is 11.4. The van der Waals surface area contributed by atoms with Crippen LogP contribution in [0.3, 0.4) is 0 Å². The summed E-state index contributed by atoms with van der Waals surface area (Å²) in [5.41, 5.74) is 1.21. The molecule has 0 bridgehead atoms. The Balaban J connectivity index is 0.000000878. The number of pyridine rings is 1. The van der Waals surface area contributed by atoms with Gasteiger partial charge in [0.1, 0.15) is 18.1 Å². The molecule has 0 aliphatic carbocycles. The molecule has 7 heteroatoms. The monoisotopic (exact) mass is 387 g/mol. The second-order valence-corrected chi connectivity index (χ2v) is 6.31. The summed E-state index contributed by atoms with van der Waals surface area (Å²) in [6, 6.07) is 12.0. The summed E-state index contributed by atoms with van der Waals surface area (Å²) in [6.45, 7) is 8.46. The molecule has 2 heterocycles. The van der Waals surface area contributed by atoms with Crippen LogP contribution in [-0.2, 0) is 4.79 Å². The molecule has 1 fully saturated rings. The van der Waals surface area contributed by atoms with Crippen LogP contribution in [-0.4, -0.2) is 67.4 Å². The molecule has 7 nitrogen and oxygen atoms in total. The van der Waals surface area contributed by atoms with Crippen LogP contribution in [0.5, 0.6) is 11.5 Å². The first kappa shape index (κ1) is 21.5. The fourth-order valence-electron chi connectivity index (χ4n) is 2.92. The molecule has 1 N–H and O–H groups in total. The minimum Gasteiger partial charge on any atom is -0.494 e. The van der Waals surface area contributed by atoms with Gasteiger partial charge in [-0.05, 0) is 42.8 Å². The zero-order valence-corrected chi connectivity index (χ0v) is 16.4. The van der Waals surface area contributed by atoms with Gasteiger partial charge in [-0.2, -0.15) is 0 Å². The number of carboxylic acid groups (broad SMARTS) is 1. The molecule has 1 aliphatic heterocycles. The summed E-state index contributed by atoms with van der Waals surface area (Å²) in [6.07, 6.45) is 4.78. The number of aromatic nitrogens is 1. The number of benzene rings is 1. The van der Waals surface area contributed by atoms with Crippen molar-refractivity contribution in [3.8, 4) is 11.5 Å². The predicted molar refractivity (Wildman–Crippen MR) is 109 cm³/mol. The van der Waals surface area contributed by atoms with Crippen LogP contribution in [0, 0.1) is 0 Å². The smallest absolute Gasteiger partial charge is 0.290 e. The number of hydrogen-bond acceptors (Lipinski definition) is 6. The van der Waals surface area contributed by atoms with Crippen LogP contribution in [0.1, 0.15) is 13.3 Å². The van der Waals surface area contributed by atoms with Gasteiger partial charge in [0.15, 0.2) is 0 Å². The standard InChI is InChI=1S/C20H27N3O2.CH2O2/c1-2-15-24-19-5-7-20(8-6-19)25-16-14-22-10-12-23(13-11-22)18-4-3-9-21-17-18;2-1-3/h3-9,17H,2,10-16H2,1H3;1H,(H,2,3). The minimum atomic E-state index is -0.250. The molecular weight excluding hydrogens is 358 g/mol. The molecule has 0 unspecified atom stereocenters. The highest BCUT2D eigenvalue weighted by molar-refractivity contribution is 5.44. The molecule has 0 spiro atoms. The van der Waals surface area contributed by atoms with Crippen LogP contribution in [0.2, 0.25) is 0 Å². The number of ether oxygens (including phenoxy) is 2. The molecule has 2 aromatic rings. The van der Waals surface area contributed by atoms with Crippen molar-refractivity contribution < 1.29 is 19.4 Å². The normalized spacial score (nSPS) is 14.0. The average Bonchev–Trinajstić information content (AvgIpc) is 2.75. The van der Waals surface area contributed by atoms with E-state index in [0.717, 1.165) is 57.3 Å². The van der Waals surface area contributed by atoms with Crippen LogP contribution in [0.15, 0.2) is 48.8 Å². The Morgan fingerprint density at radius 3 is 2.18 bits per heavy atom. The van der Waals surface area contributed by atoms with Gasteiger partial charge >= 0.3 is 0 Å². The Bertz CT molecular complexity index is 659. The van der Waals surface area contributed by atoms with Gasteiger partial charge in [0.25, 0.3) is 6.47 Å². The SMILES string of the molecule is CCCOc1ccc(OCCN2CCN(c3cccnc3)CC2)cc1.O=CO. The van der Waals surface area contributed by atoms with E-state index in [-0.39, 0.29) is 6.47 Å². The molecular formula is C21H29N3O4. The molecule has 1 aromatic carbocycles. The summed E-state index contributed by atoms with van der Waals surface area (Å²) in [7, 11) is 0. The molecule has 0 amide bonds. The zero-order valence-electron chi connectivity index (χ0n) is 16.4. The van der Waals surface area contributed by atoms with Gasteiger partial charge in [0, 0.05) is 38.9 Å². The van der Waals surface area contributed by atoms with Crippen molar-refractivity contribution in [3.63, 3.8) is 0 Å². The third kappa shape index (κ3) is 7.44. The first-order valence-electron chi connectivity index (χ1n) is 9.57. The maximum absolute atomic E-state index is 8.36. The van der Waals surface area contributed by atoms with Gasteiger partial charge < -0.3 is 19.5 Å². The highest BCUT2D eigenvalue weighted by atomic mass is 16.5. The van der Waals surface area contributed by atoms with Gasteiger partial charge in [-0.3, -0.25) is 14.7 Å². The first-order chi connectivity index (χ1) is 13.8. The van der Waals surface area contributed by atoms with E-state index in [0.29, 0.717) is 6.61 Å². The van der Waals surface area contributed by atoms with E-state index in [1.807, 2.05) is 42.7 Å². The Labute approximate surface area is 166 Å². The fraction of sp³-hybridized carbons (Fsp3) is 0.429. The Kier molecular flexibility index (Phi) is 9.65. The summed E-state index contributed by atoms with van der Waals surface area (Å²) >= 11 is 0. The summed E-state index contributed by atoms with van der Waals surface area (Å²) in [5, 5.41) is 6.89. The molecule has 0 radical (unpaired) electrons. The lowest BCUT2D eigenvalue weighted by atomic mass is 10.3. The van der Waals surface area contributed by atoms with Crippen molar-refractivity contribution in [3.05, 3.63) is 48.8 Å². The maximum Gasteiger partial charge on any atom is 0.290 e. The highest BCUT2D eigenvalue weighted by Gasteiger charge is 2.16. The van der Waals surface area contributed by atoms with Gasteiger partial charge in [0.2, 0.25) is 0 Å². The number of piperazine rings is 1. The van der Waals surface area contributed by atoms with E-state index < -0.39 is 0 Å². The quantitative estimate of drug-likeness (QED) is 0.698. The number of carbonyl (C=O) groups is 1. The van der Waals surface area contributed by atoms with E-state index in [1.54, 1.807) is 0 Å². The molecule has 1 saturated heterocycles. The molecule has 152 valence electrons. The van der Waals surface area contributed by atoms with Crippen molar-refractivity contribution in [2.45, 2.75) is 13.3 Å². The Morgan fingerprint density at radius 1 is 1.04 bits per heavy atom. The zero-order chi connectivity index (χ0) is 20.0. The average molecular weight is 387 g/mol. The summed E-state index contributed by atoms with van der Waals surface area (Å²) in [5.74, 6) is 1.80. The van der Waals surface area contributed by atoms with Crippen molar-refractivity contribution in [1.82, 2.24) is 9.88 Å². The maximum atomic E-state index is 8.36. The second kappa shape index (κ2) is 12.6. The van der Waals surface area contributed by atoms with E-state index in [4.69, 9.17) is 19.4 Å². The second-order valence-electron chi connectivity index (χ2n) is 6.31. The van der Waals surface area contributed by atoms with Crippen LogP contribution >= 0.6 is 0 Å². The molecule has 0 saturated carbocycles. The lowest BCUT2D eigenvalue weighted by molar-refractivity contribution is -0.122. The van der Waals surface area contributed by atoms with Crippen molar-refractivity contribution in [2.75, 3.05) is 50.8 Å². The van der Waals surface area contributed by atoms with Crippen molar-refractivity contribution >= 4 is 12.2 Å². The number of hydrogen-bond donors (Lipinski definition) is 1. The Hall–Kier alpha value is -2.80. The van der Waals surface area contributed by atoms with E-state index in [2.05, 4.69) is 27.8 Å². The third-order valence-corrected chi connectivity index (χ3v) is 4.36. The molecule has 28 heavy (non-hydrogen) atoms. The molecule has 1 aromatic heterocycles. The van der Waals surface area contributed by atoms with E-state index >= 15 is 0 Å². The van der Waals surface area contributed by atoms with Crippen LogP contribution < -0.4 is 14.4 Å². The number of anilines is 1. The first-order valence-corrected chi connectivity index (χ1v) is 9.57. The fourth-order valence-corrected chi connectivity index (χ4v) is 2.92. The molecule has 0 atom stereocenters. The predicted octanol–water partition coefficient (Wildman–Crippen LogP) is 2.77. The minimum absolute atomic E-state index is 0.250. The van der Waals surface area contributed by atoms with Crippen molar-refractivity contribution in [1.29, 1.82) is 0 Å². The topological polar surface area (TPSA) is 75.1 Å². The highest BCUT2D eigenvalue weighted by Crippen LogP contribution is 2.18. The van der Waals surface area contributed by atoms with Gasteiger partial charge in [-0.25, -0.2) is 0 Å². The van der Waals surface area contributed by atoms with Gasteiger partial charge in [-0.15, -0.1) is 0 Å². The van der Waals surface area contributed by atoms with Gasteiger partial charge in [-0.1, -0.05) is 6.92 Å². The lowest BCUT2D eigenvalue weighted by Crippen LogP contribution is -2.47. The Morgan fingerprint density at radius 2 is 1.64 bits per heavy atom. The van der Waals surface area contributed by atoms with Crippen LogP contribution in [0.4, 0.5) is 5.69 Å². The van der Waals surface area contributed by atoms with E-state index in [9.17, 15) is 0 Å². The molecule has 3 rings (SSSR count). The number of rotatable bonds is 8. The van der Waals surface area contributed by atoms with E-state index in [1.165, 1.54) is 5.69 Å². The number of nitrogens with zero attached hydrogens (tertiary/aromatic N) is 3. The van der Waals surface area contributed by atoms with Gasteiger partial charge in [0.05, 0.1) is 18.5 Å². The van der Waals surface area contributed by atoms with Crippen LogP contribution in [0.25, 0.3) is 0 Å². The third-order valence-electron chi connectivity index (χ3n) is 4.36.